The fourth-order valence-electron chi connectivity index (χ4n) is 2.92. The lowest BCUT2D eigenvalue weighted by Gasteiger charge is -2.43. The highest BCUT2D eigenvalue weighted by atomic mass is 35.6. The minimum absolute atomic E-state index is 0.0513. The van der Waals surface area contributed by atoms with Crippen LogP contribution in [0.3, 0.4) is 0 Å². The molecular formula is C14H14Cl3NO5. The van der Waals surface area contributed by atoms with Gasteiger partial charge in [-0.3, -0.25) is 4.79 Å². The third-order valence-electron chi connectivity index (χ3n) is 3.84. The van der Waals surface area contributed by atoms with E-state index in [1.165, 1.54) is 18.1 Å². The molecule has 2 unspecified atom stereocenters. The Bertz CT molecular complexity index is 608. The van der Waals surface area contributed by atoms with E-state index in [1.807, 2.05) is 0 Å². The monoisotopic (exact) mass is 381 g/mol. The molecule has 23 heavy (non-hydrogen) atoms. The second-order valence-corrected chi connectivity index (χ2v) is 7.81. The number of carboxylic acid groups (broad SMARTS) is 1. The summed E-state index contributed by atoms with van der Waals surface area (Å²) < 4.78 is 2.85. The molecule has 2 heterocycles. The zero-order valence-corrected chi connectivity index (χ0v) is 14.4. The van der Waals surface area contributed by atoms with Crippen molar-refractivity contribution in [2.45, 2.75) is 29.1 Å². The molecule has 2 rings (SSSR count). The van der Waals surface area contributed by atoms with Crippen LogP contribution in [0.4, 0.5) is 0 Å². The van der Waals surface area contributed by atoms with E-state index in [-0.39, 0.29) is 24.1 Å². The molecule has 126 valence electrons. The Morgan fingerprint density at radius 2 is 2.09 bits per heavy atom. The first-order valence-electron chi connectivity index (χ1n) is 6.75. The zero-order valence-electron chi connectivity index (χ0n) is 12.1. The fraction of sp³-hybridized carbons (Fsp3) is 0.500. The van der Waals surface area contributed by atoms with Gasteiger partial charge in [-0.15, -0.1) is 0 Å². The molecule has 0 aromatic rings. The van der Waals surface area contributed by atoms with E-state index in [9.17, 15) is 19.5 Å². The number of alkyl halides is 3. The summed E-state index contributed by atoms with van der Waals surface area (Å²) in [4.78, 5) is 35.9. The molecule has 0 saturated carbocycles. The molecule has 0 aromatic carbocycles. The molecule has 2 aliphatic heterocycles. The fourth-order valence-corrected chi connectivity index (χ4v) is 3.41. The number of aliphatic carboxylic acids is 1. The topological polar surface area (TPSA) is 83.9 Å². The molecule has 1 saturated heterocycles. The average molecular weight is 383 g/mol. The van der Waals surface area contributed by atoms with E-state index in [4.69, 9.17) is 34.8 Å². The van der Waals surface area contributed by atoms with Crippen molar-refractivity contribution in [3.05, 3.63) is 23.4 Å². The summed E-state index contributed by atoms with van der Waals surface area (Å²) in [5, 5.41) is 9.33. The molecule has 2 aliphatic rings. The summed E-state index contributed by atoms with van der Waals surface area (Å²) in [7, 11) is 1.26. The number of fused-ring (bicyclic) bond motifs is 1. The lowest BCUT2D eigenvalue weighted by molar-refractivity contribution is -0.154. The van der Waals surface area contributed by atoms with Crippen LogP contribution in [0.25, 0.3) is 0 Å². The first-order chi connectivity index (χ1) is 10.7. The molecule has 0 aliphatic carbocycles. The van der Waals surface area contributed by atoms with Gasteiger partial charge in [0.2, 0.25) is 5.91 Å². The first kappa shape index (κ1) is 18.1. The number of carbonyl (C=O) groups excluding carboxylic acids is 2. The van der Waals surface area contributed by atoms with Gasteiger partial charge < -0.3 is 14.7 Å². The van der Waals surface area contributed by atoms with Gasteiger partial charge >= 0.3 is 11.9 Å². The summed E-state index contributed by atoms with van der Waals surface area (Å²) in [5.74, 6) is -2.42. The highest BCUT2D eigenvalue weighted by molar-refractivity contribution is 6.67. The van der Waals surface area contributed by atoms with Gasteiger partial charge in [0.15, 0.2) is 3.79 Å². The predicted octanol–water partition coefficient (Wildman–Crippen LogP) is 2.44. The first-order valence-corrected chi connectivity index (χ1v) is 7.88. The summed E-state index contributed by atoms with van der Waals surface area (Å²) >= 11 is 17.2. The number of hydrogen-bond donors (Lipinski definition) is 1. The van der Waals surface area contributed by atoms with E-state index in [2.05, 4.69) is 4.74 Å². The van der Waals surface area contributed by atoms with Gasteiger partial charge in [-0.2, -0.15) is 0 Å². The highest BCUT2D eigenvalue weighted by Gasteiger charge is 2.54. The Morgan fingerprint density at radius 1 is 1.43 bits per heavy atom. The SMILES string of the molecule is COC(=O)C=CCC1C(=O)N2C(C(=O)O)=C(CC(Cl)(Cl)Cl)CC12. The van der Waals surface area contributed by atoms with Crippen LogP contribution in [0.1, 0.15) is 19.3 Å². The largest absolute Gasteiger partial charge is 0.477 e. The van der Waals surface area contributed by atoms with Gasteiger partial charge in [-0.1, -0.05) is 40.9 Å². The van der Waals surface area contributed by atoms with Crippen LogP contribution in [0.15, 0.2) is 23.4 Å². The maximum atomic E-state index is 12.2. The Morgan fingerprint density at radius 3 is 2.61 bits per heavy atom. The minimum Gasteiger partial charge on any atom is -0.477 e. The maximum absolute atomic E-state index is 12.2. The number of β-lactam (4-membered cyclic amide) rings is 1. The van der Waals surface area contributed by atoms with Crippen LogP contribution >= 0.6 is 34.8 Å². The number of amides is 1. The third-order valence-corrected chi connectivity index (χ3v) is 4.24. The van der Waals surface area contributed by atoms with Crippen molar-refractivity contribution in [1.29, 1.82) is 0 Å². The van der Waals surface area contributed by atoms with Gasteiger partial charge in [0.1, 0.15) is 5.70 Å². The number of nitrogens with zero attached hydrogens (tertiary/aromatic N) is 1. The summed E-state index contributed by atoms with van der Waals surface area (Å²) in [6.45, 7) is 0. The lowest BCUT2D eigenvalue weighted by atomic mass is 9.84. The minimum atomic E-state index is -1.62. The molecule has 1 N–H and O–H groups in total. The van der Waals surface area contributed by atoms with E-state index >= 15 is 0 Å². The maximum Gasteiger partial charge on any atom is 0.352 e. The number of hydrogen-bond acceptors (Lipinski definition) is 4. The van der Waals surface area contributed by atoms with Crippen LogP contribution in [-0.4, -0.2) is 44.8 Å². The van der Waals surface area contributed by atoms with E-state index in [0.29, 0.717) is 18.4 Å². The number of carboxylic acids is 1. The smallest absolute Gasteiger partial charge is 0.352 e. The second-order valence-electron chi connectivity index (χ2n) is 5.30. The zero-order chi connectivity index (χ0) is 17.4. The second kappa shape index (κ2) is 6.71. The summed E-state index contributed by atoms with van der Waals surface area (Å²) in [5.41, 5.74) is 0.342. The van der Waals surface area contributed by atoms with Crippen LogP contribution in [-0.2, 0) is 19.1 Å². The molecule has 6 nitrogen and oxygen atoms in total. The van der Waals surface area contributed by atoms with Gasteiger partial charge in [-0.05, 0) is 18.4 Å². The number of methoxy groups -OCH3 is 1. The molecule has 0 aromatic heterocycles. The van der Waals surface area contributed by atoms with Gasteiger partial charge in [0, 0.05) is 12.5 Å². The van der Waals surface area contributed by atoms with Crippen LogP contribution in [0, 0.1) is 5.92 Å². The molecular weight excluding hydrogens is 369 g/mol. The van der Waals surface area contributed by atoms with Crippen molar-refractivity contribution in [2.75, 3.05) is 7.11 Å². The van der Waals surface area contributed by atoms with Crippen molar-refractivity contribution >= 4 is 52.6 Å². The molecule has 1 amide bonds. The third kappa shape index (κ3) is 3.82. The normalized spacial score (nSPS) is 24.0. The van der Waals surface area contributed by atoms with Crippen molar-refractivity contribution in [1.82, 2.24) is 4.90 Å². The number of halogens is 3. The van der Waals surface area contributed by atoms with E-state index in [0.717, 1.165) is 0 Å². The van der Waals surface area contributed by atoms with Crippen molar-refractivity contribution < 1.29 is 24.2 Å². The number of esters is 1. The quantitative estimate of drug-likeness (QED) is 0.342. The molecule has 0 radical (unpaired) electrons. The number of allylic oxidation sites excluding steroid dienone is 1. The van der Waals surface area contributed by atoms with Crippen LogP contribution in [0.2, 0.25) is 0 Å². The molecule has 9 heteroatoms. The molecule has 2 atom stereocenters. The highest BCUT2D eigenvalue weighted by Crippen LogP contribution is 2.47. The Hall–Kier alpha value is -1.24. The molecule has 0 spiro atoms. The Labute approximate surface area is 147 Å². The predicted molar refractivity (Wildman–Crippen MR) is 84.1 cm³/mol. The van der Waals surface area contributed by atoms with E-state index < -0.39 is 21.6 Å². The number of rotatable bonds is 5. The summed E-state index contributed by atoms with van der Waals surface area (Å²) in [6, 6.07) is -0.279. The Kier molecular flexibility index (Phi) is 5.28. The van der Waals surface area contributed by atoms with Crippen LogP contribution in [0.5, 0.6) is 0 Å². The number of carbonyl (C=O) groups is 3. The standard InChI is InChI=1S/C14H14Cl3NO5/c1-23-10(19)4-2-3-8-9-5-7(6-14(15,16)17)11(13(21)22)18(9)12(8)20/h2,4,8-9H,3,5-6H2,1H3,(H,21,22). The summed E-state index contributed by atoms with van der Waals surface area (Å²) in [6.07, 6.45) is 3.39. The average Bonchev–Trinajstić information content (AvgIpc) is 2.76. The van der Waals surface area contributed by atoms with E-state index in [1.54, 1.807) is 6.08 Å². The van der Waals surface area contributed by atoms with Crippen molar-refractivity contribution in [2.24, 2.45) is 5.92 Å². The van der Waals surface area contributed by atoms with Gasteiger partial charge in [0.25, 0.3) is 0 Å². The van der Waals surface area contributed by atoms with Gasteiger partial charge in [-0.25, -0.2) is 9.59 Å². The molecule has 0 bridgehead atoms. The van der Waals surface area contributed by atoms with Crippen LogP contribution < -0.4 is 0 Å². The van der Waals surface area contributed by atoms with Crippen molar-refractivity contribution in [3.8, 4) is 0 Å². The Balaban J connectivity index is 2.11. The van der Waals surface area contributed by atoms with Crippen molar-refractivity contribution in [3.63, 3.8) is 0 Å². The lowest BCUT2D eigenvalue weighted by Crippen LogP contribution is -2.58. The van der Waals surface area contributed by atoms with Gasteiger partial charge in [0.05, 0.1) is 19.1 Å². The number of ether oxygens (including phenoxy) is 1. The molecule has 1 fully saturated rings.